The van der Waals surface area contributed by atoms with E-state index >= 15 is 0 Å². The molecule has 186 valence electrons. The van der Waals surface area contributed by atoms with Crippen LogP contribution < -0.4 is 15.4 Å². The molecule has 0 unspecified atom stereocenters. The molecule has 0 aliphatic carbocycles. The third-order valence-corrected chi connectivity index (χ3v) is 7.30. The van der Waals surface area contributed by atoms with Crippen LogP contribution in [0, 0.1) is 0 Å². The fourth-order valence-electron chi connectivity index (χ4n) is 5.70. The Labute approximate surface area is 209 Å². The molecule has 2 N–H and O–H groups in total. The van der Waals surface area contributed by atoms with E-state index in [1.165, 1.54) is 0 Å². The molecule has 2 aliphatic rings. The van der Waals surface area contributed by atoms with Crippen LogP contribution in [0.2, 0.25) is 0 Å². The monoisotopic (exact) mass is 485 g/mol. The number of aromatic amines is 1. The first-order chi connectivity index (χ1) is 17.2. The van der Waals surface area contributed by atoms with Gasteiger partial charge in [0.1, 0.15) is 5.82 Å². The SMILES string of the molecule is CC(C)N1c2nc(-c3c[nH]c4ccc(-c5cnc(N6CC[C@H](O)C6)cn5)cc34)cc(=O)n2CC1(C)C. The summed E-state index contributed by atoms with van der Waals surface area (Å²) in [7, 11) is 0. The van der Waals surface area contributed by atoms with Gasteiger partial charge in [-0.3, -0.25) is 14.3 Å². The highest BCUT2D eigenvalue weighted by atomic mass is 16.3. The molecule has 0 saturated carbocycles. The lowest BCUT2D eigenvalue weighted by Gasteiger charge is -2.35. The summed E-state index contributed by atoms with van der Waals surface area (Å²) in [6.45, 7) is 10.6. The van der Waals surface area contributed by atoms with Gasteiger partial charge in [-0.1, -0.05) is 6.07 Å². The number of H-pyrrole nitrogens is 1. The Morgan fingerprint density at radius 3 is 2.67 bits per heavy atom. The molecular weight excluding hydrogens is 454 g/mol. The third kappa shape index (κ3) is 3.65. The highest BCUT2D eigenvalue weighted by Gasteiger charge is 2.39. The van der Waals surface area contributed by atoms with Crippen LogP contribution >= 0.6 is 0 Å². The lowest BCUT2D eigenvalue weighted by Crippen LogP contribution is -2.45. The van der Waals surface area contributed by atoms with Gasteiger partial charge in [0.2, 0.25) is 5.95 Å². The second-order valence-electron chi connectivity index (χ2n) is 10.8. The molecule has 4 aromatic rings. The Balaban J connectivity index is 1.39. The van der Waals surface area contributed by atoms with Crippen molar-refractivity contribution in [2.45, 2.75) is 58.3 Å². The third-order valence-electron chi connectivity index (χ3n) is 7.30. The highest BCUT2D eigenvalue weighted by molar-refractivity contribution is 5.97. The van der Waals surface area contributed by atoms with E-state index in [-0.39, 0.29) is 23.2 Å². The van der Waals surface area contributed by atoms with E-state index in [9.17, 15) is 9.90 Å². The number of rotatable bonds is 4. The van der Waals surface area contributed by atoms with Crippen LogP contribution in [0.15, 0.2) is 47.7 Å². The highest BCUT2D eigenvalue weighted by Crippen LogP contribution is 2.36. The zero-order valence-electron chi connectivity index (χ0n) is 21.1. The number of benzene rings is 1. The normalized spacial score (nSPS) is 19.0. The molecule has 36 heavy (non-hydrogen) atoms. The molecule has 0 amide bonds. The molecule has 0 spiro atoms. The van der Waals surface area contributed by atoms with E-state index in [0.29, 0.717) is 18.8 Å². The first-order valence-electron chi connectivity index (χ1n) is 12.5. The Hall–Kier alpha value is -3.72. The van der Waals surface area contributed by atoms with Crippen molar-refractivity contribution in [3.05, 3.63) is 53.2 Å². The maximum absolute atomic E-state index is 13.1. The van der Waals surface area contributed by atoms with E-state index in [2.05, 4.69) is 58.5 Å². The molecular formula is C27H31N7O2. The molecule has 9 heteroatoms. The van der Waals surface area contributed by atoms with E-state index < -0.39 is 0 Å². The molecule has 0 bridgehead atoms. The number of aliphatic hydroxyl groups is 1. The summed E-state index contributed by atoms with van der Waals surface area (Å²) in [4.78, 5) is 34.9. The van der Waals surface area contributed by atoms with Crippen molar-refractivity contribution in [2.75, 3.05) is 22.9 Å². The lowest BCUT2D eigenvalue weighted by molar-refractivity contribution is 0.198. The minimum Gasteiger partial charge on any atom is -0.391 e. The molecule has 9 nitrogen and oxygen atoms in total. The molecule has 1 atom stereocenters. The predicted molar refractivity (Wildman–Crippen MR) is 141 cm³/mol. The topological polar surface area (TPSA) is 103 Å². The summed E-state index contributed by atoms with van der Waals surface area (Å²) in [6, 6.07) is 7.96. The summed E-state index contributed by atoms with van der Waals surface area (Å²) in [5, 5.41) is 10.8. The van der Waals surface area contributed by atoms with E-state index in [4.69, 9.17) is 4.98 Å². The lowest BCUT2D eigenvalue weighted by atomic mass is 10.0. The fourth-order valence-corrected chi connectivity index (χ4v) is 5.70. The Kier molecular flexibility index (Phi) is 5.15. The van der Waals surface area contributed by atoms with Crippen LogP contribution in [-0.2, 0) is 6.54 Å². The molecule has 0 radical (unpaired) electrons. The van der Waals surface area contributed by atoms with Gasteiger partial charge in [-0.2, -0.15) is 0 Å². The van der Waals surface area contributed by atoms with Crippen molar-refractivity contribution in [1.29, 1.82) is 0 Å². The second-order valence-corrected chi connectivity index (χ2v) is 10.8. The first kappa shape index (κ1) is 22.7. The number of aliphatic hydroxyl groups excluding tert-OH is 1. The number of fused-ring (bicyclic) bond motifs is 2. The zero-order chi connectivity index (χ0) is 25.2. The Morgan fingerprint density at radius 1 is 1.14 bits per heavy atom. The second kappa shape index (κ2) is 8.16. The average molecular weight is 486 g/mol. The zero-order valence-corrected chi connectivity index (χ0v) is 21.1. The van der Waals surface area contributed by atoms with E-state index in [0.717, 1.165) is 52.5 Å². The van der Waals surface area contributed by atoms with Gasteiger partial charge in [0, 0.05) is 53.4 Å². The molecule has 1 saturated heterocycles. The summed E-state index contributed by atoms with van der Waals surface area (Å²) in [6.07, 6.45) is 5.90. The number of hydrogen-bond donors (Lipinski definition) is 2. The van der Waals surface area contributed by atoms with E-state index in [1.807, 2.05) is 18.3 Å². The minimum atomic E-state index is -0.305. The molecule has 1 fully saturated rings. The van der Waals surface area contributed by atoms with Gasteiger partial charge < -0.3 is 19.9 Å². The van der Waals surface area contributed by atoms with Crippen molar-refractivity contribution >= 4 is 22.7 Å². The van der Waals surface area contributed by atoms with Crippen LogP contribution in [0.4, 0.5) is 11.8 Å². The molecule has 6 rings (SSSR count). The standard InChI is InChI=1S/C27H31N7O2/c1-16(2)34-26-31-22(10-25(36)33(26)15-27(34,3)4)20-11-28-21-6-5-17(9-19(20)21)23-12-30-24(13-29-23)32-8-7-18(35)14-32/h5-6,9-13,16,18,28,35H,7-8,14-15H2,1-4H3/t18-/m0/s1. The van der Waals surface area contributed by atoms with Crippen LogP contribution in [0.1, 0.15) is 34.1 Å². The molecule has 5 heterocycles. The van der Waals surface area contributed by atoms with Gasteiger partial charge in [-0.25, -0.2) is 9.97 Å². The Morgan fingerprint density at radius 2 is 1.97 bits per heavy atom. The maximum Gasteiger partial charge on any atom is 0.255 e. The van der Waals surface area contributed by atoms with Gasteiger partial charge in [0.15, 0.2) is 0 Å². The van der Waals surface area contributed by atoms with Crippen LogP contribution in [0.3, 0.4) is 0 Å². The van der Waals surface area contributed by atoms with Crippen molar-refractivity contribution < 1.29 is 5.11 Å². The first-order valence-corrected chi connectivity index (χ1v) is 12.5. The van der Waals surface area contributed by atoms with E-state index in [1.54, 1.807) is 23.0 Å². The molecule has 3 aromatic heterocycles. The minimum absolute atomic E-state index is 0.0368. The summed E-state index contributed by atoms with van der Waals surface area (Å²) < 4.78 is 1.78. The van der Waals surface area contributed by atoms with Crippen molar-refractivity contribution in [3.8, 4) is 22.5 Å². The summed E-state index contributed by atoms with van der Waals surface area (Å²) >= 11 is 0. The average Bonchev–Trinajstić information content (AvgIpc) is 3.53. The number of aromatic nitrogens is 5. The van der Waals surface area contributed by atoms with Crippen molar-refractivity contribution in [2.24, 2.45) is 0 Å². The van der Waals surface area contributed by atoms with Crippen LogP contribution in [0.5, 0.6) is 0 Å². The van der Waals surface area contributed by atoms with Gasteiger partial charge in [-0.15, -0.1) is 0 Å². The number of anilines is 2. The molecule has 2 aliphatic heterocycles. The smallest absolute Gasteiger partial charge is 0.255 e. The number of hydrogen-bond acceptors (Lipinski definition) is 7. The van der Waals surface area contributed by atoms with Gasteiger partial charge in [0.05, 0.1) is 42.0 Å². The maximum atomic E-state index is 13.1. The quantitative estimate of drug-likeness (QED) is 0.456. The largest absolute Gasteiger partial charge is 0.391 e. The van der Waals surface area contributed by atoms with Gasteiger partial charge >= 0.3 is 0 Å². The van der Waals surface area contributed by atoms with Crippen molar-refractivity contribution in [3.63, 3.8) is 0 Å². The number of nitrogens with zero attached hydrogens (tertiary/aromatic N) is 6. The van der Waals surface area contributed by atoms with Gasteiger partial charge in [0.25, 0.3) is 5.56 Å². The van der Waals surface area contributed by atoms with Crippen LogP contribution in [0.25, 0.3) is 33.4 Å². The van der Waals surface area contributed by atoms with Crippen molar-refractivity contribution in [1.82, 2.24) is 24.5 Å². The predicted octanol–water partition coefficient (Wildman–Crippen LogP) is 3.43. The summed E-state index contributed by atoms with van der Waals surface area (Å²) in [5.74, 6) is 1.50. The number of β-amino-alcohol motifs (C(OH)–C–C–N with tert-alkyl or cyclic N) is 1. The fraction of sp³-hybridized carbons (Fsp3) is 0.407. The summed E-state index contributed by atoms with van der Waals surface area (Å²) in [5.41, 5.74) is 3.99. The Bertz CT molecular complexity index is 1500. The molecule has 1 aromatic carbocycles. The number of nitrogens with one attached hydrogen (secondary N) is 1. The van der Waals surface area contributed by atoms with Gasteiger partial charge in [-0.05, 0) is 46.2 Å². The van der Waals surface area contributed by atoms with Crippen LogP contribution in [-0.4, -0.2) is 60.4 Å².